The Balaban J connectivity index is 1.90. The summed E-state index contributed by atoms with van der Waals surface area (Å²) >= 11 is 6.41. The highest BCUT2D eigenvalue weighted by Gasteiger charge is 2.55. The van der Waals surface area contributed by atoms with Crippen molar-refractivity contribution in [1.29, 1.82) is 15.8 Å². The Hall–Kier alpha value is -3.63. The van der Waals surface area contributed by atoms with Crippen LogP contribution < -0.4 is 5.73 Å². The molecule has 2 aromatic rings. The van der Waals surface area contributed by atoms with E-state index in [9.17, 15) is 15.8 Å². The Bertz CT molecular complexity index is 1210. The van der Waals surface area contributed by atoms with Gasteiger partial charge < -0.3 is 5.73 Å². The first-order valence-electron chi connectivity index (χ1n) is 10.1. The van der Waals surface area contributed by atoms with Gasteiger partial charge in [0.25, 0.3) is 0 Å². The number of nitrogens with zero attached hydrogens (tertiary/aromatic N) is 4. The number of hydrogen-bond donors (Lipinski definition) is 1. The minimum absolute atomic E-state index is 0.0784. The van der Waals surface area contributed by atoms with Crippen molar-refractivity contribution in [2.45, 2.75) is 12.5 Å². The maximum Gasteiger partial charge on any atom is 0.191 e. The summed E-state index contributed by atoms with van der Waals surface area (Å²) in [6.45, 7) is 1.61. The Morgan fingerprint density at radius 3 is 2.44 bits per heavy atom. The van der Waals surface area contributed by atoms with Gasteiger partial charge in [-0.15, -0.1) is 0 Å². The van der Waals surface area contributed by atoms with E-state index in [4.69, 9.17) is 17.3 Å². The molecule has 0 aromatic heterocycles. The van der Waals surface area contributed by atoms with Crippen LogP contribution in [0.5, 0.6) is 0 Å². The first kappa shape index (κ1) is 21.6. The molecule has 1 heterocycles. The highest BCUT2D eigenvalue weighted by molar-refractivity contribution is 6.31. The third kappa shape index (κ3) is 3.33. The fraction of sp³-hybridized carbons (Fsp3) is 0.240. The van der Waals surface area contributed by atoms with Crippen LogP contribution in [0.4, 0.5) is 4.39 Å². The summed E-state index contributed by atoms with van der Waals surface area (Å²) < 4.78 is 15.1. The predicted octanol–water partition coefficient (Wildman–Crippen LogP) is 4.40. The molecule has 0 saturated heterocycles. The zero-order valence-corrected chi connectivity index (χ0v) is 17.9. The van der Waals surface area contributed by atoms with Crippen LogP contribution in [0.15, 0.2) is 71.5 Å². The Morgan fingerprint density at radius 2 is 1.81 bits per heavy atom. The molecule has 1 aliphatic carbocycles. The predicted molar refractivity (Wildman–Crippen MR) is 118 cm³/mol. The third-order valence-corrected chi connectivity index (χ3v) is 6.63. The molecule has 0 spiro atoms. The molecule has 158 valence electrons. The van der Waals surface area contributed by atoms with Gasteiger partial charge >= 0.3 is 0 Å². The first-order chi connectivity index (χ1) is 15.5. The van der Waals surface area contributed by atoms with Crippen LogP contribution in [0, 0.1) is 51.1 Å². The van der Waals surface area contributed by atoms with Gasteiger partial charge in [-0.3, -0.25) is 4.90 Å². The molecule has 1 aliphatic heterocycles. The van der Waals surface area contributed by atoms with Gasteiger partial charge in [0.05, 0.1) is 23.4 Å². The summed E-state index contributed by atoms with van der Waals surface area (Å²) in [7, 11) is 0. The molecule has 2 N–H and O–H groups in total. The molecular weight excluding hydrogens is 425 g/mol. The van der Waals surface area contributed by atoms with Crippen LogP contribution >= 0.6 is 11.6 Å². The molecule has 2 atom stereocenters. The smallest absolute Gasteiger partial charge is 0.191 e. The number of halogens is 2. The molecule has 32 heavy (non-hydrogen) atoms. The zero-order valence-electron chi connectivity index (χ0n) is 17.1. The van der Waals surface area contributed by atoms with Gasteiger partial charge in [0.2, 0.25) is 0 Å². The fourth-order valence-electron chi connectivity index (χ4n) is 4.83. The number of hydrogen-bond acceptors (Lipinski definition) is 5. The lowest BCUT2D eigenvalue weighted by Crippen LogP contribution is -2.48. The SMILES string of the molecule is N#CC1=C(N)C(C#N)(C#N)[C@H](c2c(F)cccc2Cl)[C@@H]2CN(Cc3ccccc3)CC=C12. The highest BCUT2D eigenvalue weighted by Crippen LogP contribution is 2.55. The van der Waals surface area contributed by atoms with Crippen LogP contribution in [0.2, 0.25) is 5.02 Å². The van der Waals surface area contributed by atoms with Gasteiger partial charge in [-0.2, -0.15) is 15.8 Å². The molecule has 7 heteroatoms. The monoisotopic (exact) mass is 443 g/mol. The second-order valence-corrected chi connectivity index (χ2v) is 8.40. The van der Waals surface area contributed by atoms with Crippen molar-refractivity contribution in [3.05, 3.63) is 93.4 Å². The second kappa shape index (κ2) is 8.48. The van der Waals surface area contributed by atoms with E-state index in [2.05, 4.69) is 11.0 Å². The normalized spacial score (nSPS) is 22.2. The Labute approximate surface area is 191 Å². The van der Waals surface area contributed by atoms with Crippen molar-refractivity contribution >= 4 is 11.6 Å². The van der Waals surface area contributed by atoms with Crippen LogP contribution in [0.1, 0.15) is 17.0 Å². The molecule has 0 amide bonds. The van der Waals surface area contributed by atoms with Crippen molar-refractivity contribution in [1.82, 2.24) is 4.90 Å². The van der Waals surface area contributed by atoms with Gasteiger partial charge in [-0.1, -0.05) is 54.1 Å². The summed E-state index contributed by atoms with van der Waals surface area (Å²) in [6.07, 6.45) is 1.89. The summed E-state index contributed by atoms with van der Waals surface area (Å²) in [4.78, 5) is 2.14. The van der Waals surface area contributed by atoms with Crippen LogP contribution in [0.3, 0.4) is 0 Å². The minimum atomic E-state index is -1.92. The van der Waals surface area contributed by atoms with Crippen molar-refractivity contribution in [3.8, 4) is 18.2 Å². The molecule has 0 unspecified atom stereocenters. The lowest BCUT2D eigenvalue weighted by atomic mass is 9.58. The topological polar surface area (TPSA) is 101 Å². The van der Waals surface area contributed by atoms with Crippen LogP contribution in [-0.2, 0) is 6.54 Å². The lowest BCUT2D eigenvalue weighted by molar-refractivity contribution is 0.199. The van der Waals surface area contributed by atoms with E-state index < -0.39 is 23.1 Å². The molecule has 2 aromatic carbocycles. The van der Waals surface area contributed by atoms with Gasteiger partial charge in [0, 0.05) is 42.1 Å². The number of nitriles is 3. The third-order valence-electron chi connectivity index (χ3n) is 6.30. The molecule has 0 radical (unpaired) electrons. The standard InChI is InChI=1S/C25H19ClFN5/c26-20-7-4-8-21(27)22(20)23-19-13-32(12-16-5-2-1-3-6-16)10-9-17(19)18(11-28)24(31)25(23,14-29)15-30/h1-9,19,23H,10,12-13,31H2/t19-,23+/m1/s1. The minimum Gasteiger partial charge on any atom is -0.399 e. The molecule has 5 nitrogen and oxygen atoms in total. The summed E-state index contributed by atoms with van der Waals surface area (Å²) in [5.74, 6) is -2.08. The van der Waals surface area contributed by atoms with E-state index >= 15 is 4.39 Å². The van der Waals surface area contributed by atoms with Crippen molar-refractivity contribution in [2.75, 3.05) is 13.1 Å². The van der Waals surface area contributed by atoms with E-state index in [0.29, 0.717) is 25.2 Å². The van der Waals surface area contributed by atoms with E-state index in [1.165, 1.54) is 18.2 Å². The van der Waals surface area contributed by atoms with Gasteiger partial charge in [-0.05, 0) is 23.3 Å². The number of fused-ring (bicyclic) bond motifs is 1. The van der Waals surface area contributed by atoms with E-state index in [-0.39, 0.29) is 21.9 Å². The van der Waals surface area contributed by atoms with Gasteiger partial charge in [0.15, 0.2) is 5.41 Å². The van der Waals surface area contributed by atoms with E-state index in [1.807, 2.05) is 48.5 Å². The molecule has 4 rings (SSSR count). The average Bonchev–Trinajstić information content (AvgIpc) is 2.80. The fourth-order valence-corrected chi connectivity index (χ4v) is 5.11. The van der Waals surface area contributed by atoms with Gasteiger partial charge in [-0.25, -0.2) is 4.39 Å². The molecule has 0 bridgehead atoms. The maximum atomic E-state index is 15.1. The highest BCUT2D eigenvalue weighted by atomic mass is 35.5. The number of benzene rings is 2. The van der Waals surface area contributed by atoms with Gasteiger partial charge in [0.1, 0.15) is 11.9 Å². The largest absolute Gasteiger partial charge is 0.399 e. The van der Waals surface area contributed by atoms with Crippen LogP contribution in [-0.4, -0.2) is 18.0 Å². The lowest BCUT2D eigenvalue weighted by Gasteiger charge is -2.45. The van der Waals surface area contributed by atoms with Crippen LogP contribution in [0.25, 0.3) is 0 Å². The first-order valence-corrected chi connectivity index (χ1v) is 10.5. The number of nitrogens with two attached hydrogens (primary N) is 1. The van der Waals surface area contributed by atoms with Crippen molar-refractivity contribution in [2.24, 2.45) is 17.1 Å². The summed E-state index contributed by atoms with van der Waals surface area (Å²) in [5.41, 5.74) is 6.15. The van der Waals surface area contributed by atoms with E-state index in [0.717, 1.165) is 5.56 Å². The van der Waals surface area contributed by atoms with Crippen molar-refractivity contribution < 1.29 is 4.39 Å². The van der Waals surface area contributed by atoms with Crippen molar-refractivity contribution in [3.63, 3.8) is 0 Å². The number of rotatable bonds is 3. The quantitative estimate of drug-likeness (QED) is 0.757. The summed E-state index contributed by atoms with van der Waals surface area (Å²) in [5, 5.41) is 30.2. The Morgan fingerprint density at radius 1 is 1.09 bits per heavy atom. The molecule has 2 aliphatic rings. The average molecular weight is 444 g/mol. The summed E-state index contributed by atoms with van der Waals surface area (Å²) in [6, 6.07) is 20.3. The number of allylic oxidation sites excluding steroid dienone is 2. The van der Waals surface area contributed by atoms with E-state index in [1.54, 1.807) is 0 Å². The second-order valence-electron chi connectivity index (χ2n) is 7.99. The molecular formula is C25H19ClFN5. The maximum absolute atomic E-state index is 15.1. The molecule has 0 fully saturated rings. The Kier molecular flexibility index (Phi) is 5.72. The molecule has 0 saturated carbocycles. The zero-order chi connectivity index (χ0) is 22.9.